The summed E-state index contributed by atoms with van der Waals surface area (Å²) in [5.74, 6) is 0. The highest BCUT2D eigenvalue weighted by molar-refractivity contribution is 5.29. The van der Waals surface area contributed by atoms with E-state index in [-0.39, 0.29) is 0 Å². The lowest BCUT2D eigenvalue weighted by Gasteiger charge is -2.24. The van der Waals surface area contributed by atoms with E-state index >= 15 is 0 Å². The molecule has 0 aliphatic carbocycles. The fourth-order valence-corrected chi connectivity index (χ4v) is 2.64. The van der Waals surface area contributed by atoms with Crippen LogP contribution in [0.3, 0.4) is 0 Å². The van der Waals surface area contributed by atoms with E-state index in [0.29, 0.717) is 11.5 Å². The van der Waals surface area contributed by atoms with Crippen LogP contribution in [-0.4, -0.2) is 12.6 Å². The van der Waals surface area contributed by atoms with Crippen LogP contribution < -0.4 is 5.32 Å². The fraction of sp³-hybridized carbons (Fsp3) is 0.667. The first-order chi connectivity index (χ1) is 8.80. The summed E-state index contributed by atoms with van der Waals surface area (Å²) in [5, 5.41) is 3.64. The van der Waals surface area contributed by atoms with Crippen molar-refractivity contribution in [2.45, 2.75) is 66.8 Å². The molecule has 0 fully saturated rings. The molecule has 1 nitrogen and oxygen atoms in total. The zero-order chi connectivity index (χ0) is 14.5. The van der Waals surface area contributed by atoms with E-state index in [4.69, 9.17) is 0 Å². The summed E-state index contributed by atoms with van der Waals surface area (Å²) in [6.45, 7) is 14.6. The Morgan fingerprint density at radius 1 is 1.05 bits per heavy atom. The molecule has 1 aromatic rings. The van der Waals surface area contributed by atoms with Gasteiger partial charge in [0.15, 0.2) is 0 Å². The van der Waals surface area contributed by atoms with Gasteiger partial charge in [0.2, 0.25) is 0 Å². The van der Waals surface area contributed by atoms with Crippen molar-refractivity contribution in [1.82, 2.24) is 5.32 Å². The van der Waals surface area contributed by atoms with E-state index in [9.17, 15) is 0 Å². The number of benzene rings is 1. The van der Waals surface area contributed by atoms with Gasteiger partial charge in [0.05, 0.1) is 0 Å². The quantitative estimate of drug-likeness (QED) is 0.786. The average Bonchev–Trinajstić information content (AvgIpc) is 2.23. The summed E-state index contributed by atoms with van der Waals surface area (Å²) in [7, 11) is 0. The van der Waals surface area contributed by atoms with Gasteiger partial charge in [-0.15, -0.1) is 0 Å². The molecule has 108 valence electrons. The van der Waals surface area contributed by atoms with Gasteiger partial charge in [0.25, 0.3) is 0 Å². The Bertz CT molecular complexity index is 367. The molecule has 1 aromatic carbocycles. The summed E-state index contributed by atoms with van der Waals surface area (Å²) in [5.41, 5.74) is 4.65. The predicted molar refractivity (Wildman–Crippen MR) is 85.8 cm³/mol. The van der Waals surface area contributed by atoms with Gasteiger partial charge >= 0.3 is 0 Å². The number of hydrogen-bond acceptors (Lipinski definition) is 1. The molecule has 1 unspecified atom stereocenters. The third kappa shape index (κ3) is 6.77. The van der Waals surface area contributed by atoms with Crippen LogP contribution >= 0.6 is 0 Å². The van der Waals surface area contributed by atoms with Gasteiger partial charge < -0.3 is 5.32 Å². The van der Waals surface area contributed by atoms with Crippen LogP contribution in [0.5, 0.6) is 0 Å². The van der Waals surface area contributed by atoms with Crippen LogP contribution in [0.1, 0.15) is 57.2 Å². The van der Waals surface area contributed by atoms with Crippen LogP contribution in [0.25, 0.3) is 0 Å². The first kappa shape index (κ1) is 16.2. The molecule has 19 heavy (non-hydrogen) atoms. The first-order valence-corrected chi connectivity index (χ1v) is 7.60. The number of nitrogens with one attached hydrogen (secondary N) is 1. The Morgan fingerprint density at radius 2 is 1.63 bits per heavy atom. The molecule has 0 spiro atoms. The number of hydrogen-bond donors (Lipinski definition) is 1. The Balaban J connectivity index is 2.66. The van der Waals surface area contributed by atoms with Gasteiger partial charge in [-0.05, 0) is 50.6 Å². The first-order valence-electron chi connectivity index (χ1n) is 7.60. The predicted octanol–water partition coefficient (Wildman–Crippen LogP) is 4.65. The van der Waals surface area contributed by atoms with Crippen molar-refractivity contribution >= 4 is 0 Å². The molecule has 1 rings (SSSR count). The largest absolute Gasteiger partial charge is 0.314 e. The molecule has 0 aliphatic heterocycles. The number of likely N-dealkylation sites (N-methyl/N-ethyl adjacent to an activating group) is 1. The second-order valence-corrected chi connectivity index (χ2v) is 7.05. The van der Waals surface area contributed by atoms with Gasteiger partial charge in [0, 0.05) is 6.04 Å². The lowest BCUT2D eigenvalue weighted by molar-refractivity contribution is 0.330. The normalized spacial score (nSPS) is 13.6. The molecule has 1 heteroatoms. The SMILES string of the molecule is CCNC(CCC(C)(C)C)Cc1cc(C)cc(C)c1. The van der Waals surface area contributed by atoms with Gasteiger partial charge in [-0.1, -0.05) is 57.0 Å². The highest BCUT2D eigenvalue weighted by Crippen LogP contribution is 2.23. The maximum atomic E-state index is 3.64. The monoisotopic (exact) mass is 261 g/mol. The van der Waals surface area contributed by atoms with Gasteiger partial charge in [-0.2, -0.15) is 0 Å². The summed E-state index contributed by atoms with van der Waals surface area (Å²) >= 11 is 0. The van der Waals surface area contributed by atoms with Gasteiger partial charge in [-0.25, -0.2) is 0 Å². The van der Waals surface area contributed by atoms with E-state index in [1.807, 2.05) is 0 Å². The molecule has 1 N–H and O–H groups in total. The van der Waals surface area contributed by atoms with Crippen LogP contribution in [0, 0.1) is 19.3 Å². The molecule has 0 aliphatic rings. The number of aryl methyl sites for hydroxylation is 2. The zero-order valence-corrected chi connectivity index (χ0v) is 13.6. The molecule has 0 radical (unpaired) electrons. The molecule has 0 aromatic heterocycles. The van der Waals surface area contributed by atoms with Crippen molar-refractivity contribution in [2.24, 2.45) is 5.41 Å². The molecular weight excluding hydrogens is 230 g/mol. The topological polar surface area (TPSA) is 12.0 Å². The summed E-state index contributed by atoms with van der Waals surface area (Å²) in [6.07, 6.45) is 3.67. The molecular formula is C18H31N. The Kier molecular flexibility index (Phi) is 6.06. The second-order valence-electron chi connectivity index (χ2n) is 7.05. The third-order valence-corrected chi connectivity index (χ3v) is 3.50. The molecule has 0 saturated heterocycles. The lowest BCUT2D eigenvalue weighted by atomic mass is 9.87. The fourth-order valence-electron chi connectivity index (χ4n) is 2.64. The maximum Gasteiger partial charge on any atom is 0.0108 e. The highest BCUT2D eigenvalue weighted by atomic mass is 14.9. The van der Waals surface area contributed by atoms with Crippen molar-refractivity contribution in [1.29, 1.82) is 0 Å². The maximum absolute atomic E-state index is 3.64. The average molecular weight is 261 g/mol. The summed E-state index contributed by atoms with van der Waals surface area (Å²) < 4.78 is 0. The van der Waals surface area contributed by atoms with Crippen LogP contribution in [0.4, 0.5) is 0 Å². The van der Waals surface area contributed by atoms with Crippen molar-refractivity contribution in [3.05, 3.63) is 34.9 Å². The Hall–Kier alpha value is -0.820. The highest BCUT2D eigenvalue weighted by Gasteiger charge is 2.15. The van der Waals surface area contributed by atoms with E-state index in [1.165, 1.54) is 29.5 Å². The van der Waals surface area contributed by atoms with Crippen LogP contribution in [0.15, 0.2) is 18.2 Å². The Labute approximate surface area is 119 Å². The van der Waals surface area contributed by atoms with Crippen molar-refractivity contribution in [3.63, 3.8) is 0 Å². The van der Waals surface area contributed by atoms with Gasteiger partial charge in [-0.3, -0.25) is 0 Å². The van der Waals surface area contributed by atoms with E-state index in [0.717, 1.165) is 13.0 Å². The van der Waals surface area contributed by atoms with Crippen LogP contribution in [0.2, 0.25) is 0 Å². The Morgan fingerprint density at radius 3 is 2.11 bits per heavy atom. The van der Waals surface area contributed by atoms with E-state index in [2.05, 4.69) is 65.1 Å². The third-order valence-electron chi connectivity index (χ3n) is 3.50. The molecule has 0 saturated carbocycles. The number of rotatable bonds is 6. The van der Waals surface area contributed by atoms with Crippen LogP contribution in [-0.2, 0) is 6.42 Å². The summed E-state index contributed by atoms with van der Waals surface area (Å²) in [4.78, 5) is 0. The summed E-state index contributed by atoms with van der Waals surface area (Å²) in [6, 6.07) is 7.51. The van der Waals surface area contributed by atoms with Gasteiger partial charge in [0.1, 0.15) is 0 Å². The minimum atomic E-state index is 0.427. The van der Waals surface area contributed by atoms with E-state index in [1.54, 1.807) is 0 Å². The minimum Gasteiger partial charge on any atom is -0.314 e. The van der Waals surface area contributed by atoms with Crippen molar-refractivity contribution in [2.75, 3.05) is 6.54 Å². The molecule has 0 heterocycles. The van der Waals surface area contributed by atoms with E-state index < -0.39 is 0 Å². The molecule has 0 bridgehead atoms. The lowest BCUT2D eigenvalue weighted by Crippen LogP contribution is -2.32. The molecule has 0 amide bonds. The molecule has 1 atom stereocenters. The zero-order valence-electron chi connectivity index (χ0n) is 13.6. The standard InChI is InChI=1S/C18H31N/c1-7-19-17(8-9-18(4,5)6)13-16-11-14(2)10-15(3)12-16/h10-12,17,19H,7-9,13H2,1-6H3. The van der Waals surface area contributed by atoms with Crippen molar-refractivity contribution in [3.8, 4) is 0 Å². The smallest absolute Gasteiger partial charge is 0.0108 e. The minimum absolute atomic E-state index is 0.427. The second kappa shape index (κ2) is 7.09. The van der Waals surface area contributed by atoms with Crippen molar-refractivity contribution < 1.29 is 0 Å².